The second-order valence-electron chi connectivity index (χ2n) is 5.30. The number of amides is 1. The Bertz CT molecular complexity index is 807. The summed E-state index contributed by atoms with van der Waals surface area (Å²) in [6, 6.07) is 12.4. The number of hydrogen-bond acceptors (Lipinski definition) is 4. The van der Waals surface area contributed by atoms with E-state index in [2.05, 4.69) is 10.0 Å². The molecule has 134 valence electrons. The third-order valence-electron chi connectivity index (χ3n) is 3.25. The van der Waals surface area contributed by atoms with E-state index in [1.807, 2.05) is 6.92 Å². The summed E-state index contributed by atoms with van der Waals surface area (Å²) in [6.07, 6.45) is 0. The van der Waals surface area contributed by atoms with Crippen LogP contribution in [0, 0.1) is 12.7 Å². The van der Waals surface area contributed by atoms with Crippen LogP contribution in [0.25, 0.3) is 0 Å². The molecule has 0 atom stereocenters. The summed E-state index contributed by atoms with van der Waals surface area (Å²) in [4.78, 5) is 12.7. The Kier molecular flexibility index (Phi) is 6.98. The zero-order valence-electron chi connectivity index (χ0n) is 13.7. The minimum atomic E-state index is -3.58. The highest BCUT2D eigenvalue weighted by Gasteiger charge is 2.12. The van der Waals surface area contributed by atoms with Gasteiger partial charge in [-0.05, 0) is 43.3 Å². The first-order valence-electron chi connectivity index (χ1n) is 7.58. The monoisotopic (exact) mass is 382 g/mol. The first kappa shape index (κ1) is 19.4. The fourth-order valence-corrected chi connectivity index (χ4v) is 3.68. The van der Waals surface area contributed by atoms with E-state index in [0.29, 0.717) is 0 Å². The number of carbonyl (C=O) groups is 1. The molecule has 0 unspecified atom stereocenters. The van der Waals surface area contributed by atoms with Crippen LogP contribution < -0.4 is 10.0 Å². The number of rotatable bonds is 8. The summed E-state index contributed by atoms with van der Waals surface area (Å²) in [7, 11) is -3.58. The molecule has 0 bridgehead atoms. The third kappa shape index (κ3) is 6.49. The SMILES string of the molecule is Cc1ccc(S(=O)(=O)NCCNC(=O)CSc2ccc(F)cc2)cc1. The molecule has 0 saturated heterocycles. The molecule has 1 amide bonds. The van der Waals surface area contributed by atoms with Crippen LogP contribution in [0.2, 0.25) is 0 Å². The van der Waals surface area contributed by atoms with Crippen molar-refractivity contribution in [3.05, 3.63) is 59.9 Å². The molecule has 2 rings (SSSR count). The zero-order valence-corrected chi connectivity index (χ0v) is 15.3. The van der Waals surface area contributed by atoms with Crippen LogP contribution >= 0.6 is 11.8 Å². The van der Waals surface area contributed by atoms with E-state index < -0.39 is 10.0 Å². The van der Waals surface area contributed by atoms with Gasteiger partial charge >= 0.3 is 0 Å². The Labute approximate surface area is 151 Å². The second-order valence-corrected chi connectivity index (χ2v) is 8.12. The van der Waals surface area contributed by atoms with E-state index in [1.165, 1.54) is 36.0 Å². The van der Waals surface area contributed by atoms with E-state index in [0.717, 1.165) is 10.5 Å². The summed E-state index contributed by atoms with van der Waals surface area (Å²) >= 11 is 1.28. The van der Waals surface area contributed by atoms with E-state index >= 15 is 0 Å². The number of aryl methyl sites for hydroxylation is 1. The Morgan fingerprint density at radius 2 is 1.68 bits per heavy atom. The molecule has 2 aromatic carbocycles. The quantitative estimate of drug-likeness (QED) is 0.543. The molecule has 2 aromatic rings. The van der Waals surface area contributed by atoms with Gasteiger partial charge in [-0.1, -0.05) is 17.7 Å². The molecular formula is C17H19FN2O3S2. The Hall–Kier alpha value is -1.90. The molecule has 2 N–H and O–H groups in total. The third-order valence-corrected chi connectivity index (χ3v) is 5.74. The second kappa shape index (κ2) is 8.98. The van der Waals surface area contributed by atoms with Crippen molar-refractivity contribution in [3.63, 3.8) is 0 Å². The highest BCUT2D eigenvalue weighted by molar-refractivity contribution is 8.00. The van der Waals surface area contributed by atoms with Gasteiger partial charge in [0, 0.05) is 18.0 Å². The summed E-state index contributed by atoms with van der Waals surface area (Å²) < 4.78 is 39.4. The Morgan fingerprint density at radius 3 is 2.32 bits per heavy atom. The van der Waals surface area contributed by atoms with Gasteiger partial charge in [-0.2, -0.15) is 0 Å². The predicted octanol–water partition coefficient (Wildman–Crippen LogP) is 2.32. The van der Waals surface area contributed by atoms with Gasteiger partial charge in [0.2, 0.25) is 15.9 Å². The topological polar surface area (TPSA) is 75.3 Å². The van der Waals surface area contributed by atoms with Gasteiger partial charge in [-0.3, -0.25) is 4.79 Å². The van der Waals surface area contributed by atoms with Crippen LogP contribution in [0.4, 0.5) is 4.39 Å². The van der Waals surface area contributed by atoms with Crippen LogP contribution in [0.1, 0.15) is 5.56 Å². The molecule has 8 heteroatoms. The standard InChI is InChI=1S/C17H19FN2O3S2/c1-13-2-8-16(9-3-13)25(22,23)20-11-10-19-17(21)12-24-15-6-4-14(18)5-7-15/h2-9,20H,10-12H2,1H3,(H,19,21). The lowest BCUT2D eigenvalue weighted by molar-refractivity contribution is -0.118. The maximum absolute atomic E-state index is 12.8. The molecular weight excluding hydrogens is 363 g/mol. The number of nitrogens with one attached hydrogen (secondary N) is 2. The predicted molar refractivity (Wildman–Crippen MR) is 96.5 cm³/mol. The first-order chi connectivity index (χ1) is 11.9. The molecule has 5 nitrogen and oxygen atoms in total. The summed E-state index contributed by atoms with van der Waals surface area (Å²) in [5, 5.41) is 2.64. The minimum Gasteiger partial charge on any atom is -0.354 e. The van der Waals surface area contributed by atoms with Crippen molar-refractivity contribution < 1.29 is 17.6 Å². The maximum Gasteiger partial charge on any atom is 0.240 e. The van der Waals surface area contributed by atoms with Crippen molar-refractivity contribution in [1.82, 2.24) is 10.0 Å². The Morgan fingerprint density at radius 1 is 1.04 bits per heavy atom. The van der Waals surface area contributed by atoms with E-state index in [9.17, 15) is 17.6 Å². The van der Waals surface area contributed by atoms with Crippen molar-refractivity contribution in [2.45, 2.75) is 16.7 Å². The minimum absolute atomic E-state index is 0.100. The van der Waals surface area contributed by atoms with Gasteiger partial charge in [-0.25, -0.2) is 17.5 Å². The van der Waals surface area contributed by atoms with Crippen LogP contribution in [0.5, 0.6) is 0 Å². The number of thioether (sulfide) groups is 1. The molecule has 0 aliphatic rings. The summed E-state index contributed by atoms with van der Waals surface area (Å²) in [5.41, 5.74) is 0.977. The van der Waals surface area contributed by atoms with Crippen LogP contribution in [0.3, 0.4) is 0 Å². The number of hydrogen-bond donors (Lipinski definition) is 2. The van der Waals surface area contributed by atoms with E-state index in [-0.39, 0.29) is 35.5 Å². The molecule has 0 fully saturated rings. The lowest BCUT2D eigenvalue weighted by Gasteiger charge is -2.08. The van der Waals surface area contributed by atoms with Crippen molar-refractivity contribution in [1.29, 1.82) is 0 Å². The van der Waals surface area contributed by atoms with Gasteiger partial charge in [0.25, 0.3) is 0 Å². The van der Waals surface area contributed by atoms with Crippen LogP contribution in [-0.2, 0) is 14.8 Å². The lowest BCUT2D eigenvalue weighted by Crippen LogP contribution is -2.35. The number of benzene rings is 2. The van der Waals surface area contributed by atoms with Crippen molar-refractivity contribution in [3.8, 4) is 0 Å². The molecule has 0 spiro atoms. The highest BCUT2D eigenvalue weighted by atomic mass is 32.2. The smallest absolute Gasteiger partial charge is 0.240 e. The van der Waals surface area contributed by atoms with Crippen LogP contribution in [-0.4, -0.2) is 33.2 Å². The highest BCUT2D eigenvalue weighted by Crippen LogP contribution is 2.17. The lowest BCUT2D eigenvalue weighted by atomic mass is 10.2. The number of halogens is 1. The maximum atomic E-state index is 12.8. The van der Waals surface area contributed by atoms with Crippen LogP contribution in [0.15, 0.2) is 58.3 Å². The molecule has 0 saturated carbocycles. The zero-order chi connectivity index (χ0) is 18.3. The summed E-state index contributed by atoms with van der Waals surface area (Å²) in [5.74, 6) is -0.366. The van der Waals surface area contributed by atoms with Gasteiger partial charge in [0.15, 0.2) is 0 Å². The molecule has 0 aliphatic carbocycles. The molecule has 25 heavy (non-hydrogen) atoms. The molecule has 0 aromatic heterocycles. The van der Waals surface area contributed by atoms with Gasteiger partial charge < -0.3 is 5.32 Å². The average Bonchev–Trinajstić information content (AvgIpc) is 2.59. The fourth-order valence-electron chi connectivity index (χ4n) is 1.92. The van der Waals surface area contributed by atoms with E-state index in [4.69, 9.17) is 0 Å². The number of carbonyl (C=O) groups excluding carboxylic acids is 1. The van der Waals surface area contributed by atoms with Crippen molar-refractivity contribution >= 4 is 27.7 Å². The van der Waals surface area contributed by atoms with Crippen molar-refractivity contribution in [2.75, 3.05) is 18.8 Å². The molecule has 0 aliphatic heterocycles. The average molecular weight is 382 g/mol. The van der Waals surface area contributed by atoms with Gasteiger partial charge in [0.05, 0.1) is 10.6 Å². The summed E-state index contributed by atoms with van der Waals surface area (Å²) in [6.45, 7) is 2.17. The molecule has 0 heterocycles. The van der Waals surface area contributed by atoms with E-state index in [1.54, 1.807) is 24.3 Å². The van der Waals surface area contributed by atoms with Gasteiger partial charge in [-0.15, -0.1) is 11.8 Å². The Balaban J connectivity index is 1.70. The van der Waals surface area contributed by atoms with Gasteiger partial charge in [0.1, 0.15) is 5.82 Å². The fraction of sp³-hybridized carbons (Fsp3) is 0.235. The number of sulfonamides is 1. The van der Waals surface area contributed by atoms with Crippen molar-refractivity contribution in [2.24, 2.45) is 0 Å². The molecule has 0 radical (unpaired) electrons. The first-order valence-corrected chi connectivity index (χ1v) is 10.0. The largest absolute Gasteiger partial charge is 0.354 e. The normalized spacial score (nSPS) is 11.3.